The number of alkyl halides is 2. The van der Waals surface area contributed by atoms with Crippen LogP contribution in [0.2, 0.25) is 0 Å². The van der Waals surface area contributed by atoms with Gasteiger partial charge in [-0.05, 0) is 6.07 Å². The first-order valence-electron chi connectivity index (χ1n) is 4.97. The Kier molecular flexibility index (Phi) is 2.67. The van der Waals surface area contributed by atoms with E-state index in [1.54, 1.807) is 18.2 Å². The summed E-state index contributed by atoms with van der Waals surface area (Å²) >= 11 is 0. The number of hydrogen-bond acceptors (Lipinski definition) is 3. The standard InChI is InChI=1S/C12H11F2N3/c13-12(14,8-4-2-1-3-5-8)9-6-7-17-11(16)10(9)15/h1-7H,15H2,(H2,16,17). The van der Waals surface area contributed by atoms with E-state index in [1.807, 2.05) is 0 Å². The Bertz CT molecular complexity index is 527. The molecule has 0 aliphatic heterocycles. The minimum absolute atomic E-state index is 0.0851. The number of hydrogen-bond donors (Lipinski definition) is 2. The summed E-state index contributed by atoms with van der Waals surface area (Å²) in [6, 6.07) is 8.63. The third-order valence-corrected chi connectivity index (χ3v) is 2.50. The molecule has 1 aromatic heterocycles. The molecule has 0 bridgehead atoms. The van der Waals surface area contributed by atoms with Crippen molar-refractivity contribution in [2.75, 3.05) is 11.5 Å². The Labute approximate surface area is 97.1 Å². The lowest BCUT2D eigenvalue weighted by Crippen LogP contribution is -2.18. The number of nitrogen functional groups attached to an aromatic ring is 2. The van der Waals surface area contributed by atoms with E-state index in [0.717, 1.165) is 0 Å². The predicted molar refractivity (Wildman–Crippen MR) is 62.5 cm³/mol. The number of nitrogens with two attached hydrogens (primary N) is 2. The molecule has 0 aliphatic carbocycles. The van der Waals surface area contributed by atoms with Gasteiger partial charge in [-0.25, -0.2) is 4.98 Å². The molecule has 0 radical (unpaired) electrons. The van der Waals surface area contributed by atoms with Crippen LogP contribution in [0.15, 0.2) is 42.6 Å². The Morgan fingerprint density at radius 3 is 2.29 bits per heavy atom. The molecular weight excluding hydrogens is 224 g/mol. The van der Waals surface area contributed by atoms with Crippen LogP contribution in [0.5, 0.6) is 0 Å². The first-order chi connectivity index (χ1) is 8.03. The largest absolute Gasteiger partial charge is 0.395 e. The van der Waals surface area contributed by atoms with Crippen molar-refractivity contribution in [3.8, 4) is 0 Å². The Hall–Kier alpha value is -2.17. The second-order valence-electron chi connectivity index (χ2n) is 3.60. The van der Waals surface area contributed by atoms with Gasteiger partial charge in [-0.15, -0.1) is 0 Å². The SMILES string of the molecule is Nc1nccc(C(F)(F)c2ccccc2)c1N. The summed E-state index contributed by atoms with van der Waals surface area (Å²) in [4.78, 5) is 3.67. The summed E-state index contributed by atoms with van der Waals surface area (Å²) in [6.07, 6.45) is 1.22. The monoisotopic (exact) mass is 235 g/mol. The minimum Gasteiger partial charge on any atom is -0.395 e. The van der Waals surface area contributed by atoms with Gasteiger partial charge < -0.3 is 11.5 Å². The molecule has 0 fully saturated rings. The van der Waals surface area contributed by atoms with Gasteiger partial charge in [0.2, 0.25) is 0 Å². The molecule has 0 unspecified atom stereocenters. The van der Waals surface area contributed by atoms with E-state index in [1.165, 1.54) is 24.4 Å². The van der Waals surface area contributed by atoms with Gasteiger partial charge in [-0.1, -0.05) is 30.3 Å². The summed E-state index contributed by atoms with van der Waals surface area (Å²) in [6.45, 7) is 0. The van der Waals surface area contributed by atoms with Crippen LogP contribution in [0.1, 0.15) is 11.1 Å². The molecule has 2 rings (SSSR count). The maximum Gasteiger partial charge on any atom is 0.300 e. The van der Waals surface area contributed by atoms with Crippen LogP contribution in [0.4, 0.5) is 20.3 Å². The molecule has 0 aliphatic rings. The molecule has 4 N–H and O–H groups in total. The third-order valence-electron chi connectivity index (χ3n) is 2.50. The van der Waals surface area contributed by atoms with E-state index in [-0.39, 0.29) is 22.6 Å². The molecule has 0 saturated carbocycles. The molecule has 0 amide bonds. The average Bonchev–Trinajstić information content (AvgIpc) is 2.33. The molecule has 88 valence electrons. The van der Waals surface area contributed by atoms with E-state index in [9.17, 15) is 8.78 Å². The van der Waals surface area contributed by atoms with Gasteiger partial charge in [0.1, 0.15) is 5.82 Å². The zero-order chi connectivity index (χ0) is 12.5. The van der Waals surface area contributed by atoms with Crippen molar-refractivity contribution < 1.29 is 8.78 Å². The maximum absolute atomic E-state index is 14.2. The Balaban J connectivity index is 2.56. The van der Waals surface area contributed by atoms with Gasteiger partial charge in [0.05, 0.1) is 11.3 Å². The topological polar surface area (TPSA) is 64.9 Å². The Morgan fingerprint density at radius 2 is 1.65 bits per heavy atom. The molecular formula is C12H11F2N3. The molecule has 3 nitrogen and oxygen atoms in total. The van der Waals surface area contributed by atoms with Crippen LogP contribution in [-0.2, 0) is 5.92 Å². The van der Waals surface area contributed by atoms with Gasteiger partial charge in [-0.2, -0.15) is 8.78 Å². The van der Waals surface area contributed by atoms with Crippen LogP contribution in [-0.4, -0.2) is 4.98 Å². The average molecular weight is 235 g/mol. The minimum atomic E-state index is -3.18. The zero-order valence-electron chi connectivity index (χ0n) is 8.90. The number of aromatic nitrogens is 1. The highest BCUT2D eigenvalue weighted by molar-refractivity contribution is 5.65. The van der Waals surface area contributed by atoms with E-state index in [2.05, 4.69) is 4.98 Å². The van der Waals surface area contributed by atoms with Crippen molar-refractivity contribution in [1.82, 2.24) is 4.98 Å². The summed E-state index contributed by atoms with van der Waals surface area (Å²) in [5.41, 5.74) is 10.3. The predicted octanol–water partition coefficient (Wildman–Crippen LogP) is 2.39. The van der Waals surface area contributed by atoms with Gasteiger partial charge in [0, 0.05) is 11.8 Å². The number of benzene rings is 1. The van der Waals surface area contributed by atoms with Crippen molar-refractivity contribution in [2.45, 2.75) is 5.92 Å². The highest BCUT2D eigenvalue weighted by Crippen LogP contribution is 2.39. The second kappa shape index (κ2) is 4.01. The molecule has 17 heavy (non-hydrogen) atoms. The van der Waals surface area contributed by atoms with Crippen molar-refractivity contribution >= 4 is 11.5 Å². The van der Waals surface area contributed by atoms with Gasteiger partial charge in [0.15, 0.2) is 0 Å². The number of rotatable bonds is 2. The normalized spacial score (nSPS) is 11.4. The van der Waals surface area contributed by atoms with E-state index < -0.39 is 5.92 Å². The van der Waals surface area contributed by atoms with Gasteiger partial charge >= 0.3 is 5.92 Å². The first kappa shape index (κ1) is 11.3. The fourth-order valence-corrected chi connectivity index (χ4v) is 1.57. The molecule has 2 aromatic rings. The van der Waals surface area contributed by atoms with Gasteiger partial charge in [0.25, 0.3) is 0 Å². The lowest BCUT2D eigenvalue weighted by molar-refractivity contribution is 0.0436. The maximum atomic E-state index is 14.2. The van der Waals surface area contributed by atoms with E-state index in [4.69, 9.17) is 11.5 Å². The van der Waals surface area contributed by atoms with Crippen molar-refractivity contribution in [1.29, 1.82) is 0 Å². The highest BCUT2D eigenvalue weighted by Gasteiger charge is 2.36. The lowest BCUT2D eigenvalue weighted by Gasteiger charge is -2.19. The second-order valence-corrected chi connectivity index (χ2v) is 3.60. The van der Waals surface area contributed by atoms with Crippen molar-refractivity contribution in [3.05, 3.63) is 53.7 Å². The number of halogens is 2. The molecule has 5 heteroatoms. The van der Waals surface area contributed by atoms with Crippen LogP contribution in [0.25, 0.3) is 0 Å². The molecule has 0 spiro atoms. The smallest absolute Gasteiger partial charge is 0.300 e. The van der Waals surface area contributed by atoms with Crippen LogP contribution < -0.4 is 11.5 Å². The first-order valence-corrected chi connectivity index (χ1v) is 4.97. The molecule has 1 heterocycles. The van der Waals surface area contributed by atoms with E-state index >= 15 is 0 Å². The van der Waals surface area contributed by atoms with Crippen LogP contribution in [0.3, 0.4) is 0 Å². The lowest BCUT2D eigenvalue weighted by atomic mass is 10.00. The van der Waals surface area contributed by atoms with Crippen molar-refractivity contribution in [2.24, 2.45) is 0 Å². The van der Waals surface area contributed by atoms with Crippen LogP contribution >= 0.6 is 0 Å². The number of pyridine rings is 1. The fourth-order valence-electron chi connectivity index (χ4n) is 1.57. The summed E-state index contributed by atoms with van der Waals surface area (Å²) in [5, 5.41) is 0. The summed E-state index contributed by atoms with van der Waals surface area (Å²) in [7, 11) is 0. The van der Waals surface area contributed by atoms with E-state index in [0.29, 0.717) is 0 Å². The van der Waals surface area contributed by atoms with Crippen molar-refractivity contribution in [3.63, 3.8) is 0 Å². The summed E-state index contributed by atoms with van der Waals surface area (Å²) in [5.74, 6) is -3.26. The molecule has 1 aromatic carbocycles. The zero-order valence-corrected chi connectivity index (χ0v) is 8.90. The summed E-state index contributed by atoms with van der Waals surface area (Å²) < 4.78 is 28.3. The quantitative estimate of drug-likeness (QED) is 0.839. The number of anilines is 2. The van der Waals surface area contributed by atoms with Gasteiger partial charge in [-0.3, -0.25) is 0 Å². The number of nitrogens with zero attached hydrogens (tertiary/aromatic N) is 1. The third kappa shape index (κ3) is 1.91. The Morgan fingerprint density at radius 1 is 1.00 bits per heavy atom. The molecule has 0 atom stereocenters. The fraction of sp³-hybridized carbons (Fsp3) is 0.0833. The highest BCUT2D eigenvalue weighted by atomic mass is 19.3. The molecule has 0 saturated heterocycles. The van der Waals surface area contributed by atoms with Crippen LogP contribution in [0, 0.1) is 0 Å².